The molecule has 0 aliphatic rings. The van der Waals surface area contributed by atoms with Gasteiger partial charge in [-0.15, -0.1) is 23.5 Å². The van der Waals surface area contributed by atoms with E-state index in [2.05, 4.69) is 13.8 Å². The third-order valence-corrected chi connectivity index (χ3v) is 8.07. The fourth-order valence-corrected chi connectivity index (χ4v) is 5.59. The number of hydrogen-bond acceptors (Lipinski definition) is 8. The van der Waals surface area contributed by atoms with Crippen LogP contribution < -0.4 is 30.4 Å². The predicted molar refractivity (Wildman–Crippen MR) is 145 cm³/mol. The molecule has 0 saturated carbocycles. The van der Waals surface area contributed by atoms with Gasteiger partial charge >= 0.3 is 0 Å². The average molecular weight is 527 g/mol. The molecule has 0 aliphatic heterocycles. The van der Waals surface area contributed by atoms with E-state index in [1.54, 1.807) is 40.2 Å². The molecule has 0 saturated heterocycles. The number of alkyl halides is 1. The average Bonchev–Trinajstić information content (AvgIpc) is 2.86. The fourth-order valence-electron chi connectivity index (χ4n) is 3.83. The highest BCUT2D eigenvalue weighted by atomic mass is 32.2. The van der Waals surface area contributed by atoms with Crippen molar-refractivity contribution in [3.8, 4) is 23.0 Å². The van der Waals surface area contributed by atoms with Crippen LogP contribution in [0.25, 0.3) is 0 Å². The molecule has 0 amide bonds. The van der Waals surface area contributed by atoms with Crippen molar-refractivity contribution in [3.05, 3.63) is 35.4 Å². The lowest BCUT2D eigenvalue weighted by Crippen LogP contribution is -2.35. The topological polar surface area (TPSA) is 89.0 Å². The highest BCUT2D eigenvalue weighted by Gasteiger charge is 2.26. The summed E-state index contributed by atoms with van der Waals surface area (Å²) in [6, 6.07) is 7.47. The first-order valence-electron chi connectivity index (χ1n) is 11.6. The van der Waals surface area contributed by atoms with Gasteiger partial charge in [0, 0.05) is 35.6 Å². The van der Waals surface area contributed by atoms with Crippen molar-refractivity contribution < 1.29 is 23.3 Å². The summed E-state index contributed by atoms with van der Waals surface area (Å²) in [5, 5.41) is 0. The van der Waals surface area contributed by atoms with E-state index in [-0.39, 0.29) is 12.0 Å². The van der Waals surface area contributed by atoms with E-state index >= 15 is 0 Å². The second-order valence-corrected chi connectivity index (χ2v) is 10.7. The fraction of sp³-hybridized carbons (Fsp3) is 0.538. The Morgan fingerprint density at radius 3 is 1.94 bits per heavy atom. The third-order valence-electron chi connectivity index (χ3n) is 5.62. The van der Waals surface area contributed by atoms with Gasteiger partial charge in [0.05, 0.1) is 44.9 Å². The van der Waals surface area contributed by atoms with E-state index in [0.29, 0.717) is 36.1 Å². The van der Waals surface area contributed by atoms with Crippen LogP contribution >= 0.6 is 23.5 Å². The zero-order chi connectivity index (χ0) is 26.0. The molecular weight excluding hydrogens is 487 g/mol. The summed E-state index contributed by atoms with van der Waals surface area (Å²) in [5.74, 6) is 4.55. The molecular formula is C26H39FN2O4S2. The number of halogens is 1. The van der Waals surface area contributed by atoms with Crippen LogP contribution in [-0.4, -0.2) is 59.2 Å². The van der Waals surface area contributed by atoms with Crippen LogP contribution in [0.1, 0.15) is 30.9 Å². The van der Waals surface area contributed by atoms with E-state index in [9.17, 15) is 4.39 Å². The van der Waals surface area contributed by atoms with E-state index in [4.69, 9.17) is 30.4 Å². The van der Waals surface area contributed by atoms with Crippen LogP contribution in [0.3, 0.4) is 0 Å². The molecule has 2 aromatic carbocycles. The van der Waals surface area contributed by atoms with Gasteiger partial charge in [-0.2, -0.15) is 0 Å². The second-order valence-electron chi connectivity index (χ2n) is 8.51. The Balaban J connectivity index is 2.39. The highest BCUT2D eigenvalue weighted by Crippen LogP contribution is 2.41. The minimum absolute atomic E-state index is 0.204. The standard InChI is InChI=1S/C26H39FN2O4S2/c1-16(2)15-35-26-12-21(30-3)17(10-23(26)32-5)9-20(29)19(14-28)18-11-24(33-6)25(34-8-7-27)13-22(18)31-4/h10-13,16,19-20H,7-9,14-15,28-29H2,1-6H3. The monoisotopic (exact) mass is 526 g/mol. The third kappa shape index (κ3) is 7.84. The zero-order valence-corrected chi connectivity index (χ0v) is 23.2. The van der Waals surface area contributed by atoms with Gasteiger partial charge in [0.2, 0.25) is 0 Å². The van der Waals surface area contributed by atoms with E-state index in [1.807, 2.05) is 24.3 Å². The molecule has 2 unspecified atom stereocenters. The van der Waals surface area contributed by atoms with Crippen LogP contribution in [-0.2, 0) is 6.42 Å². The van der Waals surface area contributed by atoms with Crippen molar-refractivity contribution in [3.63, 3.8) is 0 Å². The van der Waals surface area contributed by atoms with Gasteiger partial charge in [0.15, 0.2) is 0 Å². The van der Waals surface area contributed by atoms with Crippen molar-refractivity contribution in [1.29, 1.82) is 0 Å². The molecule has 6 nitrogen and oxygen atoms in total. The largest absolute Gasteiger partial charge is 0.496 e. The summed E-state index contributed by atoms with van der Waals surface area (Å²) in [6.07, 6.45) is 0.528. The highest BCUT2D eigenvalue weighted by molar-refractivity contribution is 7.99. The quantitative estimate of drug-likeness (QED) is 0.308. The minimum Gasteiger partial charge on any atom is -0.496 e. The Kier molecular flexibility index (Phi) is 12.3. The molecule has 2 atom stereocenters. The van der Waals surface area contributed by atoms with Crippen molar-refractivity contribution in [2.24, 2.45) is 17.4 Å². The molecule has 2 rings (SSSR count). The van der Waals surface area contributed by atoms with Crippen molar-refractivity contribution in [2.75, 3.05) is 53.2 Å². The van der Waals surface area contributed by atoms with E-state index in [0.717, 1.165) is 38.2 Å². The van der Waals surface area contributed by atoms with Crippen molar-refractivity contribution in [2.45, 2.75) is 42.0 Å². The van der Waals surface area contributed by atoms with Crippen LogP contribution in [0.15, 0.2) is 34.1 Å². The van der Waals surface area contributed by atoms with Gasteiger partial charge in [0.25, 0.3) is 0 Å². The Bertz CT molecular complexity index is 946. The lowest BCUT2D eigenvalue weighted by Gasteiger charge is -2.27. The predicted octanol–water partition coefficient (Wildman–Crippen LogP) is 5.14. The van der Waals surface area contributed by atoms with Crippen molar-refractivity contribution >= 4 is 23.5 Å². The first-order chi connectivity index (χ1) is 16.8. The maximum absolute atomic E-state index is 12.7. The molecule has 0 fully saturated rings. The molecule has 9 heteroatoms. The van der Waals surface area contributed by atoms with Gasteiger partial charge in [0.1, 0.15) is 23.0 Å². The number of nitrogens with two attached hydrogens (primary N) is 2. The molecule has 0 heterocycles. The lowest BCUT2D eigenvalue weighted by molar-refractivity contribution is 0.379. The van der Waals surface area contributed by atoms with E-state index in [1.165, 1.54) is 11.8 Å². The van der Waals surface area contributed by atoms with Gasteiger partial charge in [-0.05, 0) is 42.2 Å². The van der Waals surface area contributed by atoms with E-state index < -0.39 is 6.67 Å². The smallest absolute Gasteiger partial charge is 0.132 e. The van der Waals surface area contributed by atoms with Gasteiger partial charge in [-0.3, -0.25) is 4.39 Å². The Labute approximate surface area is 217 Å². The van der Waals surface area contributed by atoms with Gasteiger partial charge in [-0.25, -0.2) is 0 Å². The Hall–Kier alpha value is -1.81. The molecule has 2 aromatic rings. The molecule has 196 valence electrons. The molecule has 4 N–H and O–H groups in total. The maximum atomic E-state index is 12.7. The normalized spacial score (nSPS) is 13.0. The summed E-state index contributed by atoms with van der Waals surface area (Å²) < 4.78 is 35.4. The van der Waals surface area contributed by atoms with Crippen LogP contribution in [0.5, 0.6) is 23.0 Å². The summed E-state index contributed by atoms with van der Waals surface area (Å²) in [4.78, 5) is 1.86. The van der Waals surface area contributed by atoms with Gasteiger partial charge < -0.3 is 30.4 Å². The first kappa shape index (κ1) is 29.4. The Morgan fingerprint density at radius 2 is 1.40 bits per heavy atom. The SMILES string of the molecule is COc1cc(SCC(C)C)c(OC)cc1CC(N)C(CN)c1cc(OC)c(SCCF)cc1OC. The number of rotatable bonds is 15. The van der Waals surface area contributed by atoms with Crippen molar-refractivity contribution in [1.82, 2.24) is 0 Å². The number of benzene rings is 2. The summed E-state index contributed by atoms with van der Waals surface area (Å²) >= 11 is 3.13. The number of ether oxygens (including phenoxy) is 4. The molecule has 0 aliphatic carbocycles. The lowest BCUT2D eigenvalue weighted by atomic mass is 9.87. The molecule has 0 bridgehead atoms. The second kappa shape index (κ2) is 14.7. The van der Waals surface area contributed by atoms with Crippen LogP contribution in [0.2, 0.25) is 0 Å². The Morgan fingerprint density at radius 1 is 0.829 bits per heavy atom. The number of hydrogen-bond donors (Lipinski definition) is 2. The summed E-state index contributed by atoms with van der Waals surface area (Å²) in [6.45, 7) is 4.27. The first-order valence-corrected chi connectivity index (χ1v) is 13.6. The molecule has 0 aromatic heterocycles. The zero-order valence-electron chi connectivity index (χ0n) is 21.6. The number of thioether (sulfide) groups is 2. The molecule has 35 heavy (non-hydrogen) atoms. The summed E-state index contributed by atoms with van der Waals surface area (Å²) in [5.41, 5.74) is 14.8. The van der Waals surface area contributed by atoms with Crippen LogP contribution in [0.4, 0.5) is 4.39 Å². The maximum Gasteiger partial charge on any atom is 0.132 e. The number of methoxy groups -OCH3 is 4. The molecule has 0 radical (unpaired) electrons. The molecule has 0 spiro atoms. The van der Waals surface area contributed by atoms with Crippen LogP contribution in [0, 0.1) is 5.92 Å². The van der Waals surface area contributed by atoms with Gasteiger partial charge in [-0.1, -0.05) is 13.8 Å². The minimum atomic E-state index is -0.422. The summed E-state index contributed by atoms with van der Waals surface area (Å²) in [7, 11) is 6.54.